The molecule has 0 saturated heterocycles. The molecule has 1 heterocycles. The number of benzene rings is 1. The summed E-state index contributed by atoms with van der Waals surface area (Å²) in [5.74, 6) is -1.42. The van der Waals surface area contributed by atoms with Gasteiger partial charge in [0.05, 0.1) is 11.7 Å². The molecule has 0 bridgehead atoms. The number of hydrogen-bond donors (Lipinski definition) is 1. The number of rotatable bonds is 4. The number of aliphatic hydroxyl groups is 1. The van der Waals surface area contributed by atoms with Crippen LogP contribution in [0.5, 0.6) is 0 Å². The lowest BCUT2D eigenvalue weighted by molar-refractivity contribution is 0.193. The highest BCUT2D eigenvalue weighted by Crippen LogP contribution is 2.26. The average molecular weight is 282 g/mol. The summed E-state index contributed by atoms with van der Waals surface area (Å²) >= 11 is 1.14. The second kappa shape index (κ2) is 6.08. The Bertz CT molecular complexity index is 543. The maximum absolute atomic E-state index is 13.4. The van der Waals surface area contributed by atoms with Gasteiger partial charge in [0.1, 0.15) is 11.6 Å². The van der Waals surface area contributed by atoms with E-state index in [4.69, 9.17) is 0 Å². The lowest BCUT2D eigenvalue weighted by Gasteiger charge is -2.11. The highest BCUT2D eigenvalue weighted by atomic mass is 32.2. The third-order valence-electron chi connectivity index (χ3n) is 2.46. The molecule has 2 aromatic rings. The fourth-order valence-electron chi connectivity index (χ4n) is 1.52. The summed E-state index contributed by atoms with van der Waals surface area (Å²) in [6, 6.07) is 3.50. The van der Waals surface area contributed by atoms with Crippen molar-refractivity contribution in [2.45, 2.75) is 18.2 Å². The van der Waals surface area contributed by atoms with Gasteiger partial charge in [0.25, 0.3) is 0 Å². The maximum atomic E-state index is 13.4. The highest BCUT2D eigenvalue weighted by Gasteiger charge is 2.18. The second-order valence-corrected chi connectivity index (χ2v) is 4.99. The van der Waals surface area contributed by atoms with E-state index in [9.17, 15) is 13.9 Å². The van der Waals surface area contributed by atoms with Gasteiger partial charge < -0.3 is 5.11 Å². The molecule has 1 unspecified atom stereocenters. The summed E-state index contributed by atoms with van der Waals surface area (Å²) in [7, 11) is 0. The van der Waals surface area contributed by atoms with Gasteiger partial charge in [-0.2, -0.15) is 0 Å². The Labute approximate surface area is 113 Å². The SMILES string of the molecule is Cc1cnc(SCC(O)c2c(F)cccc2F)nc1. The Morgan fingerprint density at radius 2 is 1.79 bits per heavy atom. The molecule has 0 radical (unpaired) electrons. The monoisotopic (exact) mass is 282 g/mol. The number of nitrogens with zero attached hydrogens (tertiary/aromatic N) is 2. The molecule has 100 valence electrons. The second-order valence-electron chi connectivity index (χ2n) is 4.01. The Balaban J connectivity index is 2.05. The van der Waals surface area contributed by atoms with Gasteiger partial charge in [-0.1, -0.05) is 17.8 Å². The Morgan fingerprint density at radius 3 is 2.37 bits per heavy atom. The molecule has 0 saturated carbocycles. The molecule has 0 spiro atoms. The molecule has 1 N–H and O–H groups in total. The van der Waals surface area contributed by atoms with Gasteiger partial charge in [0.15, 0.2) is 5.16 Å². The van der Waals surface area contributed by atoms with Gasteiger partial charge >= 0.3 is 0 Å². The summed E-state index contributed by atoms with van der Waals surface area (Å²) in [4.78, 5) is 8.08. The van der Waals surface area contributed by atoms with Crippen molar-refractivity contribution in [2.24, 2.45) is 0 Å². The zero-order chi connectivity index (χ0) is 13.8. The van der Waals surface area contributed by atoms with Crippen molar-refractivity contribution in [1.29, 1.82) is 0 Å². The van der Waals surface area contributed by atoms with Crippen LogP contribution in [0.1, 0.15) is 17.2 Å². The predicted octanol–water partition coefficient (Wildman–Crippen LogP) is 2.89. The normalized spacial score (nSPS) is 12.4. The zero-order valence-electron chi connectivity index (χ0n) is 10.2. The summed E-state index contributed by atoms with van der Waals surface area (Å²) in [5.41, 5.74) is 0.604. The fraction of sp³-hybridized carbons (Fsp3) is 0.231. The van der Waals surface area contributed by atoms with Crippen LogP contribution in [0, 0.1) is 18.6 Å². The number of aliphatic hydroxyl groups excluding tert-OH is 1. The number of halogens is 2. The van der Waals surface area contributed by atoms with Crippen LogP contribution < -0.4 is 0 Å². The molecule has 3 nitrogen and oxygen atoms in total. The van der Waals surface area contributed by atoms with Crippen molar-refractivity contribution in [1.82, 2.24) is 9.97 Å². The molecular weight excluding hydrogens is 270 g/mol. The third kappa shape index (κ3) is 3.48. The first-order valence-electron chi connectivity index (χ1n) is 5.61. The minimum Gasteiger partial charge on any atom is -0.387 e. The van der Waals surface area contributed by atoms with Crippen molar-refractivity contribution in [3.05, 3.63) is 53.4 Å². The van der Waals surface area contributed by atoms with E-state index in [1.807, 2.05) is 6.92 Å². The number of aromatic nitrogens is 2. The molecule has 2 rings (SSSR count). The van der Waals surface area contributed by atoms with Crippen molar-refractivity contribution >= 4 is 11.8 Å². The van der Waals surface area contributed by atoms with Crippen LogP contribution in [0.25, 0.3) is 0 Å². The lowest BCUT2D eigenvalue weighted by atomic mass is 10.1. The van der Waals surface area contributed by atoms with Crippen molar-refractivity contribution in [3.8, 4) is 0 Å². The van der Waals surface area contributed by atoms with Gasteiger partial charge in [0.2, 0.25) is 0 Å². The van der Waals surface area contributed by atoms with Crippen molar-refractivity contribution in [2.75, 3.05) is 5.75 Å². The lowest BCUT2D eigenvalue weighted by Crippen LogP contribution is -2.07. The van der Waals surface area contributed by atoms with Crippen LogP contribution in [0.15, 0.2) is 35.7 Å². The van der Waals surface area contributed by atoms with Crippen molar-refractivity contribution < 1.29 is 13.9 Å². The first kappa shape index (κ1) is 13.9. The van der Waals surface area contributed by atoms with Crippen LogP contribution >= 0.6 is 11.8 Å². The first-order valence-corrected chi connectivity index (χ1v) is 6.60. The van der Waals surface area contributed by atoms with Crippen LogP contribution in [0.3, 0.4) is 0 Å². The van der Waals surface area contributed by atoms with E-state index in [1.54, 1.807) is 12.4 Å². The van der Waals surface area contributed by atoms with E-state index < -0.39 is 17.7 Å². The Kier molecular flexibility index (Phi) is 4.44. The van der Waals surface area contributed by atoms with Crippen LogP contribution in [-0.4, -0.2) is 20.8 Å². The first-order chi connectivity index (χ1) is 9.08. The Morgan fingerprint density at radius 1 is 1.21 bits per heavy atom. The molecule has 1 aromatic heterocycles. The zero-order valence-corrected chi connectivity index (χ0v) is 11.0. The van der Waals surface area contributed by atoms with E-state index in [1.165, 1.54) is 6.07 Å². The largest absolute Gasteiger partial charge is 0.387 e. The van der Waals surface area contributed by atoms with E-state index in [-0.39, 0.29) is 11.3 Å². The van der Waals surface area contributed by atoms with E-state index in [2.05, 4.69) is 9.97 Å². The summed E-state index contributed by atoms with van der Waals surface area (Å²) in [5, 5.41) is 10.3. The molecular formula is C13H12F2N2OS. The summed E-state index contributed by atoms with van der Waals surface area (Å²) in [6.45, 7) is 1.86. The number of thioether (sulfide) groups is 1. The molecule has 0 aliphatic carbocycles. The minimum absolute atomic E-state index is 0.0842. The number of hydrogen-bond acceptors (Lipinski definition) is 4. The highest BCUT2D eigenvalue weighted by molar-refractivity contribution is 7.99. The van der Waals surface area contributed by atoms with Crippen LogP contribution in [-0.2, 0) is 0 Å². The molecule has 0 fully saturated rings. The molecule has 19 heavy (non-hydrogen) atoms. The standard InChI is InChI=1S/C13H12F2N2OS/c1-8-5-16-13(17-6-8)19-7-11(18)12-9(14)3-2-4-10(12)15/h2-6,11,18H,7H2,1H3. The van der Waals surface area contributed by atoms with Gasteiger partial charge in [-0.3, -0.25) is 0 Å². The molecule has 0 aliphatic rings. The van der Waals surface area contributed by atoms with Gasteiger partial charge in [0, 0.05) is 18.1 Å². The van der Waals surface area contributed by atoms with Gasteiger partial charge in [-0.15, -0.1) is 0 Å². The van der Waals surface area contributed by atoms with Crippen LogP contribution in [0.2, 0.25) is 0 Å². The van der Waals surface area contributed by atoms with Crippen LogP contribution in [0.4, 0.5) is 8.78 Å². The maximum Gasteiger partial charge on any atom is 0.187 e. The quantitative estimate of drug-likeness (QED) is 0.692. The molecule has 1 atom stereocenters. The minimum atomic E-state index is -1.24. The molecule has 1 aromatic carbocycles. The third-order valence-corrected chi connectivity index (χ3v) is 3.41. The Hall–Kier alpha value is -1.53. The summed E-state index contributed by atoms with van der Waals surface area (Å²) in [6.07, 6.45) is 2.05. The summed E-state index contributed by atoms with van der Waals surface area (Å²) < 4.78 is 26.9. The van der Waals surface area contributed by atoms with E-state index in [0.29, 0.717) is 5.16 Å². The van der Waals surface area contributed by atoms with E-state index >= 15 is 0 Å². The average Bonchev–Trinajstić information content (AvgIpc) is 2.38. The van der Waals surface area contributed by atoms with Gasteiger partial charge in [-0.25, -0.2) is 18.7 Å². The van der Waals surface area contributed by atoms with E-state index in [0.717, 1.165) is 29.5 Å². The molecule has 0 amide bonds. The van der Waals surface area contributed by atoms with Crippen molar-refractivity contribution in [3.63, 3.8) is 0 Å². The fourth-order valence-corrected chi connectivity index (χ4v) is 2.25. The topological polar surface area (TPSA) is 46.0 Å². The molecule has 6 heteroatoms. The molecule has 0 aliphatic heterocycles. The smallest absolute Gasteiger partial charge is 0.187 e. The van der Waals surface area contributed by atoms with Gasteiger partial charge in [-0.05, 0) is 24.6 Å². The number of aryl methyl sites for hydroxylation is 1. The predicted molar refractivity (Wildman–Crippen MR) is 68.8 cm³/mol.